The molecule has 0 radical (unpaired) electrons. The van der Waals surface area contributed by atoms with E-state index in [1.54, 1.807) is 0 Å². The Labute approximate surface area is 181 Å². The quantitative estimate of drug-likeness (QED) is 0.828. The van der Waals surface area contributed by atoms with Gasteiger partial charge < -0.3 is 15.4 Å². The van der Waals surface area contributed by atoms with Gasteiger partial charge in [-0.2, -0.15) is 15.8 Å². The van der Waals surface area contributed by atoms with Crippen LogP contribution in [0.3, 0.4) is 0 Å². The molecule has 2 aliphatic rings. The van der Waals surface area contributed by atoms with E-state index in [2.05, 4.69) is 23.1 Å². The number of hydrogen-bond donors (Lipinski definition) is 1. The fourth-order valence-electron chi connectivity index (χ4n) is 4.60. The summed E-state index contributed by atoms with van der Waals surface area (Å²) in [4.78, 5) is 2.11. The Morgan fingerprint density at radius 3 is 2.42 bits per heavy atom. The van der Waals surface area contributed by atoms with Gasteiger partial charge >= 0.3 is 0 Å². The monoisotopic (exact) mass is 407 g/mol. The highest BCUT2D eigenvalue weighted by atomic mass is 16.5. The van der Waals surface area contributed by atoms with Crippen LogP contribution in [0.25, 0.3) is 0 Å². The van der Waals surface area contributed by atoms with Crippen molar-refractivity contribution in [3.63, 3.8) is 0 Å². The van der Waals surface area contributed by atoms with Crippen LogP contribution in [0.2, 0.25) is 0 Å². The normalized spacial score (nSPS) is 22.3. The van der Waals surface area contributed by atoms with Crippen LogP contribution >= 0.6 is 0 Å². The molecule has 0 aromatic heterocycles. The van der Waals surface area contributed by atoms with E-state index in [4.69, 9.17) is 10.5 Å². The van der Waals surface area contributed by atoms with Gasteiger partial charge in [0.1, 0.15) is 17.6 Å². The van der Waals surface area contributed by atoms with Crippen molar-refractivity contribution in [1.29, 1.82) is 15.8 Å². The van der Waals surface area contributed by atoms with E-state index in [9.17, 15) is 15.8 Å². The van der Waals surface area contributed by atoms with Crippen LogP contribution in [0.4, 0.5) is 0 Å². The molecule has 152 valence electrons. The van der Waals surface area contributed by atoms with E-state index < -0.39 is 11.3 Å². The topological polar surface area (TPSA) is 110 Å². The standard InChI is InChI=1S/C25H21N5O/c1-30-11-10-20-21(13-26)24(29)25(15-27,16-28)23(22(20)14-30)17-6-5-9-19(12-17)31-18-7-3-2-4-8-18/h2-10,12,22-23H,11,14,29H2,1H3. The SMILES string of the molecule is CN1CC=C2C(C#N)=C(N)C(C#N)(C#N)C(c3cccc(Oc4ccccc4)c3)C2C1. The van der Waals surface area contributed by atoms with Crippen LogP contribution in [0.1, 0.15) is 11.5 Å². The lowest BCUT2D eigenvalue weighted by Crippen LogP contribution is -2.47. The van der Waals surface area contributed by atoms with E-state index in [1.807, 2.05) is 67.7 Å². The highest BCUT2D eigenvalue weighted by Crippen LogP contribution is 2.54. The van der Waals surface area contributed by atoms with Gasteiger partial charge in [0.25, 0.3) is 0 Å². The number of ether oxygens (including phenoxy) is 1. The molecule has 2 N–H and O–H groups in total. The summed E-state index contributed by atoms with van der Waals surface area (Å²) >= 11 is 0. The molecule has 6 nitrogen and oxygen atoms in total. The number of likely N-dealkylation sites (N-methyl/N-ethyl adjacent to an activating group) is 1. The second kappa shape index (κ2) is 8.00. The maximum atomic E-state index is 10.2. The summed E-state index contributed by atoms with van der Waals surface area (Å²) in [7, 11) is 1.98. The van der Waals surface area contributed by atoms with Gasteiger partial charge in [-0.15, -0.1) is 0 Å². The second-order valence-corrected chi connectivity index (χ2v) is 7.88. The average molecular weight is 407 g/mol. The van der Waals surface area contributed by atoms with Gasteiger partial charge in [-0.05, 0) is 42.4 Å². The number of fused-ring (bicyclic) bond motifs is 1. The molecule has 1 aliphatic carbocycles. The Kier molecular flexibility index (Phi) is 5.22. The molecule has 0 amide bonds. The van der Waals surface area contributed by atoms with E-state index >= 15 is 0 Å². The molecule has 4 rings (SSSR count). The van der Waals surface area contributed by atoms with Gasteiger partial charge in [-0.3, -0.25) is 0 Å². The van der Waals surface area contributed by atoms with Crippen molar-refractivity contribution in [2.24, 2.45) is 17.1 Å². The molecular weight excluding hydrogens is 386 g/mol. The van der Waals surface area contributed by atoms with Gasteiger partial charge in [0.2, 0.25) is 0 Å². The molecule has 1 aliphatic heterocycles. The van der Waals surface area contributed by atoms with Gasteiger partial charge in [-0.1, -0.05) is 36.4 Å². The lowest BCUT2D eigenvalue weighted by Gasteiger charge is -2.45. The molecule has 2 atom stereocenters. The van der Waals surface area contributed by atoms with Crippen LogP contribution in [0.5, 0.6) is 11.5 Å². The molecule has 0 fully saturated rings. The molecule has 0 saturated carbocycles. The first-order chi connectivity index (χ1) is 15.0. The van der Waals surface area contributed by atoms with Crippen molar-refractivity contribution in [1.82, 2.24) is 4.90 Å². The highest BCUT2D eigenvalue weighted by molar-refractivity contribution is 5.59. The zero-order valence-corrected chi connectivity index (χ0v) is 17.1. The molecule has 6 heteroatoms. The van der Waals surface area contributed by atoms with Crippen LogP contribution < -0.4 is 10.5 Å². The summed E-state index contributed by atoms with van der Waals surface area (Å²) < 4.78 is 5.99. The zero-order valence-electron chi connectivity index (χ0n) is 17.1. The number of allylic oxidation sites excluding steroid dienone is 2. The van der Waals surface area contributed by atoms with E-state index in [1.165, 1.54) is 0 Å². The zero-order chi connectivity index (χ0) is 22.0. The van der Waals surface area contributed by atoms with Crippen molar-refractivity contribution < 1.29 is 4.74 Å². The van der Waals surface area contributed by atoms with Crippen molar-refractivity contribution in [2.45, 2.75) is 5.92 Å². The lowest BCUT2D eigenvalue weighted by atomic mass is 9.58. The summed E-state index contributed by atoms with van der Waals surface area (Å²) in [5.74, 6) is 0.552. The minimum atomic E-state index is -1.64. The number of hydrogen-bond acceptors (Lipinski definition) is 6. The predicted molar refractivity (Wildman–Crippen MR) is 115 cm³/mol. The number of nitrogens with zero attached hydrogens (tertiary/aromatic N) is 4. The third-order valence-electron chi connectivity index (χ3n) is 6.04. The maximum Gasteiger partial charge on any atom is 0.191 e. The minimum absolute atomic E-state index is 0.0337. The third kappa shape index (κ3) is 3.32. The molecule has 2 aromatic carbocycles. The summed E-state index contributed by atoms with van der Waals surface area (Å²) in [5, 5.41) is 30.1. The minimum Gasteiger partial charge on any atom is -0.457 e. The molecule has 0 spiro atoms. The Balaban J connectivity index is 1.87. The molecule has 0 bridgehead atoms. The Morgan fingerprint density at radius 1 is 1.03 bits per heavy atom. The largest absolute Gasteiger partial charge is 0.457 e. The van der Waals surface area contributed by atoms with Crippen LogP contribution in [0.15, 0.2) is 77.5 Å². The fourth-order valence-corrected chi connectivity index (χ4v) is 4.60. The Morgan fingerprint density at radius 2 is 1.74 bits per heavy atom. The smallest absolute Gasteiger partial charge is 0.191 e. The predicted octanol–water partition coefficient (Wildman–Crippen LogP) is 3.83. The fraction of sp³-hybridized carbons (Fsp3) is 0.240. The summed E-state index contributed by atoms with van der Waals surface area (Å²) in [6, 6.07) is 23.3. The highest BCUT2D eigenvalue weighted by Gasteiger charge is 2.54. The summed E-state index contributed by atoms with van der Waals surface area (Å²) in [5.41, 5.74) is 6.60. The summed E-state index contributed by atoms with van der Waals surface area (Å²) in [6.07, 6.45) is 1.98. The first kappa shape index (κ1) is 20.2. The van der Waals surface area contributed by atoms with Gasteiger partial charge in [0, 0.05) is 24.9 Å². The van der Waals surface area contributed by atoms with Gasteiger partial charge in [0.15, 0.2) is 5.41 Å². The molecule has 31 heavy (non-hydrogen) atoms. The second-order valence-electron chi connectivity index (χ2n) is 7.88. The Bertz CT molecular complexity index is 1180. The van der Waals surface area contributed by atoms with E-state index in [0.29, 0.717) is 24.6 Å². The van der Waals surface area contributed by atoms with Gasteiger partial charge in [0.05, 0.1) is 23.4 Å². The lowest BCUT2D eigenvalue weighted by molar-refractivity contribution is 0.237. The van der Waals surface area contributed by atoms with Crippen molar-refractivity contribution in [3.05, 3.63) is 83.1 Å². The van der Waals surface area contributed by atoms with E-state index in [0.717, 1.165) is 11.1 Å². The average Bonchev–Trinajstić information content (AvgIpc) is 2.79. The molecular formula is C25H21N5O. The van der Waals surface area contributed by atoms with Crippen LogP contribution in [-0.4, -0.2) is 25.0 Å². The van der Waals surface area contributed by atoms with Crippen molar-refractivity contribution >= 4 is 0 Å². The number of nitriles is 3. The first-order valence-electron chi connectivity index (χ1n) is 9.98. The third-order valence-corrected chi connectivity index (χ3v) is 6.04. The number of benzene rings is 2. The molecule has 2 aromatic rings. The van der Waals surface area contributed by atoms with Crippen LogP contribution in [-0.2, 0) is 0 Å². The number of rotatable bonds is 3. The first-order valence-corrected chi connectivity index (χ1v) is 9.98. The maximum absolute atomic E-state index is 10.2. The van der Waals surface area contributed by atoms with Gasteiger partial charge in [-0.25, -0.2) is 0 Å². The Hall–Kier alpha value is -4.05. The van der Waals surface area contributed by atoms with E-state index in [-0.39, 0.29) is 17.2 Å². The number of para-hydroxylation sites is 1. The van der Waals surface area contributed by atoms with Crippen molar-refractivity contribution in [3.8, 4) is 29.7 Å². The number of nitrogens with two attached hydrogens (primary N) is 1. The molecule has 1 heterocycles. The summed E-state index contributed by atoms with van der Waals surface area (Å²) in [6.45, 7) is 1.30. The van der Waals surface area contributed by atoms with Crippen LogP contribution in [0, 0.1) is 45.3 Å². The molecule has 2 unspecified atom stereocenters. The van der Waals surface area contributed by atoms with Crippen molar-refractivity contribution in [2.75, 3.05) is 20.1 Å². The molecule has 0 saturated heterocycles.